The Morgan fingerprint density at radius 3 is 2.61 bits per heavy atom. The van der Waals surface area contributed by atoms with Gasteiger partial charge in [0.15, 0.2) is 0 Å². The summed E-state index contributed by atoms with van der Waals surface area (Å²) in [4.78, 5) is 26.9. The zero-order valence-electron chi connectivity index (χ0n) is 16.4. The number of benzene rings is 1. The molecule has 0 aromatic heterocycles. The fourth-order valence-electron chi connectivity index (χ4n) is 3.72. The number of nitrogens with one attached hydrogen (secondary N) is 3. The van der Waals surface area contributed by atoms with Crippen molar-refractivity contribution in [3.63, 3.8) is 0 Å². The van der Waals surface area contributed by atoms with Crippen molar-refractivity contribution in [2.45, 2.75) is 57.5 Å². The van der Waals surface area contributed by atoms with Crippen LogP contribution >= 0.6 is 24.8 Å². The van der Waals surface area contributed by atoms with Gasteiger partial charge in [0.2, 0.25) is 11.8 Å². The molecule has 0 bridgehead atoms. The van der Waals surface area contributed by atoms with E-state index in [4.69, 9.17) is 0 Å². The first kappa shape index (κ1) is 24.5. The normalized spacial score (nSPS) is 19.8. The third-order valence-electron chi connectivity index (χ3n) is 5.11. The molecule has 3 rings (SSSR count). The molecule has 1 aromatic rings. The molecule has 158 valence electrons. The maximum Gasteiger partial charge on any atom is 0.237 e. The maximum absolute atomic E-state index is 12.3. The van der Waals surface area contributed by atoms with Crippen LogP contribution in [0.5, 0.6) is 0 Å². The van der Waals surface area contributed by atoms with Crippen LogP contribution in [0.4, 0.5) is 11.4 Å². The van der Waals surface area contributed by atoms with Crippen LogP contribution in [0.1, 0.15) is 45.4 Å². The Hall–Kier alpha value is -1.50. The van der Waals surface area contributed by atoms with Gasteiger partial charge in [-0.3, -0.25) is 9.59 Å². The van der Waals surface area contributed by atoms with Gasteiger partial charge in [0.25, 0.3) is 0 Å². The monoisotopic (exact) mass is 430 g/mol. The molecule has 2 saturated heterocycles. The van der Waals surface area contributed by atoms with E-state index in [9.17, 15) is 9.59 Å². The Morgan fingerprint density at radius 1 is 1.18 bits per heavy atom. The number of hydrogen-bond donors (Lipinski definition) is 3. The van der Waals surface area contributed by atoms with E-state index in [0.717, 1.165) is 50.3 Å². The molecule has 8 heteroatoms. The average molecular weight is 431 g/mol. The van der Waals surface area contributed by atoms with Crippen LogP contribution in [0.25, 0.3) is 0 Å². The van der Waals surface area contributed by atoms with Crippen molar-refractivity contribution in [1.82, 2.24) is 10.6 Å². The first-order valence-electron chi connectivity index (χ1n) is 9.80. The van der Waals surface area contributed by atoms with Crippen LogP contribution in [0.2, 0.25) is 0 Å². The molecule has 2 heterocycles. The molecule has 2 aliphatic rings. The van der Waals surface area contributed by atoms with Crippen LogP contribution in [-0.4, -0.2) is 43.5 Å². The summed E-state index contributed by atoms with van der Waals surface area (Å²) in [6, 6.07) is 7.69. The summed E-state index contributed by atoms with van der Waals surface area (Å²) in [5.74, 6) is -0.0750. The zero-order chi connectivity index (χ0) is 18.4. The number of amides is 2. The molecule has 0 spiro atoms. The summed E-state index contributed by atoms with van der Waals surface area (Å²) in [7, 11) is 0. The first-order chi connectivity index (χ1) is 12.6. The van der Waals surface area contributed by atoms with Gasteiger partial charge >= 0.3 is 0 Å². The van der Waals surface area contributed by atoms with Crippen LogP contribution in [0.3, 0.4) is 0 Å². The van der Waals surface area contributed by atoms with Crippen LogP contribution in [0, 0.1) is 0 Å². The molecule has 0 radical (unpaired) electrons. The molecular formula is C20H32Cl2N4O2. The lowest BCUT2D eigenvalue weighted by atomic mass is 10.0. The van der Waals surface area contributed by atoms with Crippen molar-refractivity contribution in [1.29, 1.82) is 0 Å². The Labute approximate surface area is 180 Å². The summed E-state index contributed by atoms with van der Waals surface area (Å²) in [5, 5.41) is 9.14. The second-order valence-electron chi connectivity index (χ2n) is 7.41. The molecule has 1 aromatic carbocycles. The van der Waals surface area contributed by atoms with Gasteiger partial charge in [-0.2, -0.15) is 0 Å². The lowest BCUT2D eigenvalue weighted by molar-refractivity contribution is -0.124. The number of halogens is 2. The van der Waals surface area contributed by atoms with E-state index in [2.05, 4.69) is 26.9 Å². The number of carbonyl (C=O) groups excluding carboxylic acids is 2. The summed E-state index contributed by atoms with van der Waals surface area (Å²) >= 11 is 0. The van der Waals surface area contributed by atoms with E-state index >= 15 is 0 Å². The van der Waals surface area contributed by atoms with Gasteiger partial charge in [-0.1, -0.05) is 12.5 Å². The highest BCUT2D eigenvalue weighted by atomic mass is 35.5. The first-order valence-corrected chi connectivity index (χ1v) is 9.80. The Morgan fingerprint density at radius 2 is 1.93 bits per heavy atom. The minimum absolute atomic E-state index is 0. The van der Waals surface area contributed by atoms with Crippen molar-refractivity contribution in [3.05, 3.63) is 24.3 Å². The summed E-state index contributed by atoms with van der Waals surface area (Å²) in [5.41, 5.74) is 1.97. The van der Waals surface area contributed by atoms with Crippen molar-refractivity contribution < 1.29 is 9.59 Å². The van der Waals surface area contributed by atoms with Crippen LogP contribution in [-0.2, 0) is 9.59 Å². The van der Waals surface area contributed by atoms with Gasteiger partial charge in [-0.25, -0.2) is 0 Å². The lowest BCUT2D eigenvalue weighted by Gasteiger charge is -2.24. The molecule has 3 N–H and O–H groups in total. The number of nitrogens with zero attached hydrogens (tertiary/aromatic N) is 1. The Balaban J connectivity index is 0.00000196. The van der Waals surface area contributed by atoms with E-state index in [1.165, 1.54) is 12.8 Å². The Kier molecular flexibility index (Phi) is 10.6. The van der Waals surface area contributed by atoms with Gasteiger partial charge < -0.3 is 20.9 Å². The highest BCUT2D eigenvalue weighted by Crippen LogP contribution is 2.23. The standard InChI is InChI=1S/C20H30N4O2.2ClH/c1-15(22-20(26)18-9-2-3-10-21-18)13-19(25)23-16-7-6-8-17(14-16)24-11-4-5-12-24;;/h6-8,14-15,18,21H,2-5,9-13H2,1H3,(H,22,26)(H,23,25);2*1H/t15?,18-;;/m1../s1. The molecule has 0 saturated carbocycles. The second-order valence-corrected chi connectivity index (χ2v) is 7.41. The fraction of sp³-hybridized carbons (Fsp3) is 0.600. The molecular weight excluding hydrogens is 399 g/mol. The van der Waals surface area contributed by atoms with E-state index < -0.39 is 0 Å². The predicted molar refractivity (Wildman–Crippen MR) is 119 cm³/mol. The number of rotatable bonds is 6. The van der Waals surface area contributed by atoms with Gasteiger partial charge in [-0.05, 0) is 57.4 Å². The lowest BCUT2D eigenvalue weighted by Crippen LogP contribution is -2.49. The van der Waals surface area contributed by atoms with Crippen molar-refractivity contribution in [3.8, 4) is 0 Å². The number of hydrogen-bond acceptors (Lipinski definition) is 4. The SMILES string of the molecule is CC(CC(=O)Nc1cccc(N2CCCC2)c1)NC(=O)[C@H]1CCCCN1.Cl.Cl. The number of anilines is 2. The highest BCUT2D eigenvalue weighted by molar-refractivity contribution is 5.92. The van der Waals surface area contributed by atoms with Gasteiger partial charge in [0.1, 0.15) is 0 Å². The van der Waals surface area contributed by atoms with E-state index in [-0.39, 0.29) is 55.1 Å². The largest absolute Gasteiger partial charge is 0.371 e. The summed E-state index contributed by atoms with van der Waals surface area (Å²) in [6.45, 7) is 4.92. The summed E-state index contributed by atoms with van der Waals surface area (Å²) in [6.07, 6.45) is 5.79. The van der Waals surface area contributed by atoms with Gasteiger partial charge in [0.05, 0.1) is 6.04 Å². The minimum atomic E-state index is -0.187. The average Bonchev–Trinajstić information content (AvgIpc) is 3.17. The zero-order valence-corrected chi connectivity index (χ0v) is 18.0. The van der Waals surface area contributed by atoms with E-state index in [1.807, 2.05) is 25.1 Å². The number of carbonyl (C=O) groups is 2. The third kappa shape index (κ3) is 7.15. The molecule has 2 atom stereocenters. The molecule has 0 aliphatic carbocycles. The van der Waals surface area contributed by atoms with Crippen molar-refractivity contribution >= 4 is 48.0 Å². The fourth-order valence-corrected chi connectivity index (χ4v) is 3.72. The predicted octanol–water partition coefficient (Wildman–Crippen LogP) is 3.11. The van der Waals surface area contributed by atoms with E-state index in [0.29, 0.717) is 0 Å². The quantitative estimate of drug-likeness (QED) is 0.647. The molecule has 2 fully saturated rings. The van der Waals surface area contributed by atoms with Crippen molar-refractivity contribution in [2.24, 2.45) is 0 Å². The van der Waals surface area contributed by atoms with E-state index in [1.54, 1.807) is 0 Å². The van der Waals surface area contributed by atoms with Crippen LogP contribution in [0.15, 0.2) is 24.3 Å². The second kappa shape index (κ2) is 12.1. The topological polar surface area (TPSA) is 73.5 Å². The molecule has 2 amide bonds. The van der Waals surface area contributed by atoms with Gasteiger partial charge in [-0.15, -0.1) is 24.8 Å². The smallest absolute Gasteiger partial charge is 0.237 e. The minimum Gasteiger partial charge on any atom is -0.371 e. The highest BCUT2D eigenvalue weighted by Gasteiger charge is 2.22. The van der Waals surface area contributed by atoms with Gasteiger partial charge in [0, 0.05) is 36.9 Å². The van der Waals surface area contributed by atoms with Crippen LogP contribution < -0.4 is 20.9 Å². The van der Waals surface area contributed by atoms with Crippen molar-refractivity contribution in [2.75, 3.05) is 29.9 Å². The molecule has 6 nitrogen and oxygen atoms in total. The number of piperidine rings is 1. The molecule has 2 aliphatic heterocycles. The third-order valence-corrected chi connectivity index (χ3v) is 5.11. The Bertz CT molecular complexity index is 632. The maximum atomic E-state index is 12.3. The molecule has 28 heavy (non-hydrogen) atoms. The molecule has 1 unspecified atom stereocenters. The summed E-state index contributed by atoms with van der Waals surface area (Å²) < 4.78 is 0.